The quantitative estimate of drug-likeness (QED) is 0.760. The molecule has 2 aromatic carbocycles. The van der Waals surface area contributed by atoms with E-state index in [1.165, 1.54) is 12.7 Å². The van der Waals surface area contributed by atoms with E-state index in [1.807, 2.05) is 24.3 Å². The van der Waals surface area contributed by atoms with Crippen LogP contribution in [0.25, 0.3) is 0 Å². The summed E-state index contributed by atoms with van der Waals surface area (Å²) in [4.78, 5) is 23.8. The number of nitrogens with one attached hydrogen (secondary N) is 1. The zero-order valence-electron chi connectivity index (χ0n) is 13.5. The first kappa shape index (κ1) is 18.0. The van der Waals surface area contributed by atoms with Gasteiger partial charge in [-0.3, -0.25) is 4.79 Å². The first-order valence-corrected chi connectivity index (χ1v) is 8.22. The van der Waals surface area contributed by atoms with E-state index in [0.29, 0.717) is 21.5 Å². The van der Waals surface area contributed by atoms with Crippen molar-refractivity contribution in [2.24, 2.45) is 0 Å². The van der Waals surface area contributed by atoms with Crippen LogP contribution in [0.3, 0.4) is 0 Å². The summed E-state index contributed by atoms with van der Waals surface area (Å²) in [6.07, 6.45) is 0.934. The second kappa shape index (κ2) is 8.49. The molecule has 0 unspecified atom stereocenters. The van der Waals surface area contributed by atoms with Crippen molar-refractivity contribution in [3.63, 3.8) is 0 Å². The molecular formula is C18H18BrNO4. The highest BCUT2D eigenvalue weighted by molar-refractivity contribution is 9.10. The molecule has 0 aliphatic heterocycles. The molecule has 2 rings (SSSR count). The standard InChI is InChI=1S/C18H18BrNO4/c1-3-12-4-7-14(8-5-12)20-17(21)11-24-18(22)13-6-9-16(23-2)15(19)10-13/h4-10H,3,11H2,1-2H3,(H,20,21). The number of hydrogen-bond acceptors (Lipinski definition) is 4. The Hall–Kier alpha value is -2.34. The SMILES string of the molecule is CCc1ccc(NC(=O)COC(=O)c2ccc(OC)c(Br)c2)cc1. The van der Waals surface area contributed by atoms with Gasteiger partial charge in [0.15, 0.2) is 6.61 Å². The van der Waals surface area contributed by atoms with E-state index in [0.717, 1.165) is 6.42 Å². The number of ether oxygens (including phenoxy) is 2. The molecular weight excluding hydrogens is 374 g/mol. The molecule has 126 valence electrons. The van der Waals surface area contributed by atoms with E-state index >= 15 is 0 Å². The molecule has 2 aromatic rings. The normalized spacial score (nSPS) is 10.1. The monoisotopic (exact) mass is 391 g/mol. The van der Waals surface area contributed by atoms with Crippen molar-refractivity contribution in [3.8, 4) is 5.75 Å². The van der Waals surface area contributed by atoms with Gasteiger partial charge in [0.2, 0.25) is 0 Å². The highest BCUT2D eigenvalue weighted by atomic mass is 79.9. The van der Waals surface area contributed by atoms with E-state index < -0.39 is 5.97 Å². The van der Waals surface area contributed by atoms with Gasteiger partial charge in [0.1, 0.15) is 5.75 Å². The van der Waals surface area contributed by atoms with Crippen molar-refractivity contribution in [1.29, 1.82) is 0 Å². The maximum Gasteiger partial charge on any atom is 0.338 e. The summed E-state index contributed by atoms with van der Waals surface area (Å²) in [6, 6.07) is 12.3. The first-order chi connectivity index (χ1) is 11.5. The van der Waals surface area contributed by atoms with E-state index in [1.54, 1.807) is 18.2 Å². The lowest BCUT2D eigenvalue weighted by molar-refractivity contribution is -0.119. The largest absolute Gasteiger partial charge is 0.496 e. The van der Waals surface area contributed by atoms with Crippen molar-refractivity contribution >= 4 is 33.5 Å². The lowest BCUT2D eigenvalue weighted by atomic mass is 10.1. The first-order valence-electron chi connectivity index (χ1n) is 7.43. The van der Waals surface area contributed by atoms with Crippen LogP contribution >= 0.6 is 15.9 Å². The van der Waals surface area contributed by atoms with Gasteiger partial charge in [-0.25, -0.2) is 4.79 Å². The Bertz CT molecular complexity index is 728. The molecule has 0 atom stereocenters. The number of benzene rings is 2. The van der Waals surface area contributed by atoms with Gasteiger partial charge in [-0.1, -0.05) is 19.1 Å². The molecule has 1 amide bonds. The van der Waals surface area contributed by atoms with E-state index in [4.69, 9.17) is 9.47 Å². The van der Waals surface area contributed by atoms with Gasteiger partial charge >= 0.3 is 5.97 Å². The van der Waals surface area contributed by atoms with Crippen molar-refractivity contribution in [1.82, 2.24) is 0 Å². The number of anilines is 1. The molecule has 0 saturated heterocycles. The van der Waals surface area contributed by atoms with Crippen molar-refractivity contribution in [2.75, 3.05) is 19.0 Å². The average Bonchev–Trinajstić information content (AvgIpc) is 2.60. The minimum Gasteiger partial charge on any atom is -0.496 e. The summed E-state index contributed by atoms with van der Waals surface area (Å²) >= 11 is 3.30. The predicted octanol–water partition coefficient (Wildman–Crippen LogP) is 3.82. The Morgan fingerprint density at radius 1 is 1.12 bits per heavy atom. The van der Waals surface area contributed by atoms with Crippen molar-refractivity contribution in [2.45, 2.75) is 13.3 Å². The summed E-state index contributed by atoms with van der Waals surface area (Å²) < 4.78 is 10.8. The smallest absolute Gasteiger partial charge is 0.338 e. The van der Waals surface area contributed by atoms with E-state index in [2.05, 4.69) is 28.2 Å². The Balaban J connectivity index is 1.88. The zero-order valence-corrected chi connectivity index (χ0v) is 15.1. The topological polar surface area (TPSA) is 64.6 Å². The van der Waals surface area contributed by atoms with Gasteiger partial charge in [-0.15, -0.1) is 0 Å². The Kier molecular flexibility index (Phi) is 6.37. The summed E-state index contributed by atoms with van der Waals surface area (Å²) in [7, 11) is 1.54. The zero-order chi connectivity index (χ0) is 17.5. The van der Waals surface area contributed by atoms with Crippen LogP contribution < -0.4 is 10.1 Å². The van der Waals surface area contributed by atoms with Gasteiger partial charge in [-0.2, -0.15) is 0 Å². The summed E-state index contributed by atoms with van der Waals surface area (Å²) in [6.45, 7) is 1.71. The summed E-state index contributed by atoms with van der Waals surface area (Å²) in [5.74, 6) is -0.352. The summed E-state index contributed by atoms with van der Waals surface area (Å²) in [5, 5.41) is 2.68. The molecule has 0 radical (unpaired) electrons. The predicted molar refractivity (Wildman–Crippen MR) is 95.4 cm³/mol. The summed E-state index contributed by atoms with van der Waals surface area (Å²) in [5.41, 5.74) is 2.19. The van der Waals surface area contributed by atoms with Crippen LogP contribution in [0.4, 0.5) is 5.69 Å². The van der Waals surface area contributed by atoms with Crippen LogP contribution in [0.5, 0.6) is 5.75 Å². The Morgan fingerprint density at radius 3 is 2.42 bits per heavy atom. The minimum atomic E-state index is -0.574. The maximum atomic E-state index is 12.0. The van der Waals surface area contributed by atoms with Gasteiger partial charge in [-0.05, 0) is 58.2 Å². The fourth-order valence-corrected chi connectivity index (χ4v) is 2.57. The average molecular weight is 392 g/mol. The minimum absolute atomic E-state index is 0.336. The van der Waals surface area contributed by atoms with Gasteiger partial charge in [0, 0.05) is 5.69 Å². The highest BCUT2D eigenvalue weighted by Crippen LogP contribution is 2.25. The van der Waals surface area contributed by atoms with Crippen LogP contribution in [-0.4, -0.2) is 25.6 Å². The van der Waals surface area contributed by atoms with E-state index in [9.17, 15) is 9.59 Å². The third kappa shape index (κ3) is 4.83. The molecule has 0 aromatic heterocycles. The van der Waals surface area contributed by atoms with Crippen LogP contribution in [0.2, 0.25) is 0 Å². The molecule has 5 nitrogen and oxygen atoms in total. The molecule has 0 heterocycles. The number of amides is 1. The second-order valence-corrected chi connectivity index (χ2v) is 5.88. The van der Waals surface area contributed by atoms with Crippen LogP contribution in [0, 0.1) is 0 Å². The number of carbonyl (C=O) groups excluding carboxylic acids is 2. The fraction of sp³-hybridized carbons (Fsp3) is 0.222. The van der Waals surface area contributed by atoms with Crippen LogP contribution in [-0.2, 0) is 16.0 Å². The highest BCUT2D eigenvalue weighted by Gasteiger charge is 2.12. The van der Waals surface area contributed by atoms with E-state index in [-0.39, 0.29) is 12.5 Å². The molecule has 1 N–H and O–H groups in total. The van der Waals surface area contributed by atoms with Crippen molar-refractivity contribution < 1.29 is 19.1 Å². The van der Waals surface area contributed by atoms with Crippen molar-refractivity contribution in [3.05, 3.63) is 58.1 Å². The van der Waals surface area contributed by atoms with Crippen LogP contribution in [0.15, 0.2) is 46.9 Å². The fourth-order valence-electron chi connectivity index (χ4n) is 2.03. The molecule has 0 fully saturated rings. The molecule has 24 heavy (non-hydrogen) atoms. The van der Waals surface area contributed by atoms with Crippen LogP contribution in [0.1, 0.15) is 22.8 Å². The number of esters is 1. The molecule has 0 saturated carbocycles. The molecule has 6 heteroatoms. The molecule has 0 spiro atoms. The van der Waals surface area contributed by atoms with Gasteiger partial charge in [0.25, 0.3) is 5.91 Å². The molecule has 0 bridgehead atoms. The number of halogens is 1. The van der Waals surface area contributed by atoms with Gasteiger partial charge < -0.3 is 14.8 Å². The Morgan fingerprint density at radius 2 is 1.83 bits per heavy atom. The number of aryl methyl sites for hydroxylation is 1. The number of rotatable bonds is 6. The Labute approximate surface area is 149 Å². The van der Waals surface area contributed by atoms with Gasteiger partial charge in [0.05, 0.1) is 17.1 Å². The molecule has 0 aliphatic rings. The third-order valence-electron chi connectivity index (χ3n) is 3.37. The molecule has 0 aliphatic carbocycles. The number of hydrogen-bond donors (Lipinski definition) is 1. The number of methoxy groups -OCH3 is 1. The third-order valence-corrected chi connectivity index (χ3v) is 3.99. The number of carbonyl (C=O) groups is 2. The second-order valence-electron chi connectivity index (χ2n) is 5.02. The maximum absolute atomic E-state index is 12.0. The lowest BCUT2D eigenvalue weighted by Crippen LogP contribution is -2.20. The lowest BCUT2D eigenvalue weighted by Gasteiger charge is -2.08.